The van der Waals surface area contributed by atoms with Crippen molar-refractivity contribution in [2.75, 3.05) is 19.6 Å². The zero-order valence-corrected chi connectivity index (χ0v) is 15.1. The Balaban J connectivity index is 1.41. The Morgan fingerprint density at radius 2 is 1.92 bits per heavy atom. The van der Waals surface area contributed by atoms with Crippen LogP contribution in [0.25, 0.3) is 0 Å². The van der Waals surface area contributed by atoms with Crippen LogP contribution in [0.2, 0.25) is 0 Å². The predicted octanol–water partition coefficient (Wildman–Crippen LogP) is 3.01. The van der Waals surface area contributed by atoms with Gasteiger partial charge in [0.25, 0.3) is 5.91 Å². The van der Waals surface area contributed by atoms with E-state index in [-0.39, 0.29) is 17.0 Å². The largest absolute Gasteiger partial charge is 0.339 e. The van der Waals surface area contributed by atoms with Gasteiger partial charge in [-0.2, -0.15) is 0 Å². The maximum absolute atomic E-state index is 13.9. The molecule has 4 rings (SSSR count). The molecule has 3 fully saturated rings. The molecule has 0 aromatic carbocycles. The van der Waals surface area contributed by atoms with Gasteiger partial charge >= 0.3 is 0 Å². The molecule has 2 amide bonds. The number of likely N-dealkylation sites (tertiary alicyclic amines) is 2. The summed E-state index contributed by atoms with van der Waals surface area (Å²) < 4.78 is 13.9. The number of amides is 2. The van der Waals surface area contributed by atoms with E-state index in [9.17, 15) is 14.0 Å². The van der Waals surface area contributed by atoms with Crippen LogP contribution in [0.4, 0.5) is 4.39 Å². The summed E-state index contributed by atoms with van der Waals surface area (Å²) in [6, 6.07) is 3.19. The summed E-state index contributed by atoms with van der Waals surface area (Å²) in [5.41, 5.74) is 0.0329. The van der Waals surface area contributed by atoms with Crippen LogP contribution >= 0.6 is 0 Å². The van der Waals surface area contributed by atoms with E-state index in [0.29, 0.717) is 31.5 Å². The Labute approximate surface area is 153 Å². The molecule has 26 heavy (non-hydrogen) atoms. The molecule has 1 aliphatic carbocycles. The molecule has 3 aliphatic rings. The topological polar surface area (TPSA) is 53.5 Å². The molecule has 2 saturated heterocycles. The first-order valence-corrected chi connectivity index (χ1v) is 9.77. The summed E-state index contributed by atoms with van der Waals surface area (Å²) in [4.78, 5) is 32.7. The third-order valence-electron chi connectivity index (χ3n) is 6.53. The second-order valence-corrected chi connectivity index (χ2v) is 8.09. The molecule has 1 aromatic rings. The van der Waals surface area contributed by atoms with Gasteiger partial charge in [0, 0.05) is 38.3 Å². The Hall–Kier alpha value is -1.98. The van der Waals surface area contributed by atoms with E-state index in [1.165, 1.54) is 31.2 Å². The normalized spacial score (nSPS) is 23.7. The molecule has 140 valence electrons. The molecule has 0 radical (unpaired) electrons. The lowest BCUT2D eigenvalue weighted by Crippen LogP contribution is -2.54. The fourth-order valence-corrected chi connectivity index (χ4v) is 4.88. The summed E-state index contributed by atoms with van der Waals surface area (Å²) >= 11 is 0. The van der Waals surface area contributed by atoms with E-state index in [1.807, 2.05) is 0 Å². The number of hydrogen-bond donors (Lipinski definition) is 0. The van der Waals surface area contributed by atoms with Gasteiger partial charge in [-0.3, -0.25) is 9.59 Å². The predicted molar refractivity (Wildman–Crippen MR) is 95.0 cm³/mol. The molecule has 1 saturated carbocycles. The minimum atomic E-state index is -0.562. The number of carbonyl (C=O) groups excluding carboxylic acids is 2. The third-order valence-corrected chi connectivity index (χ3v) is 6.53. The maximum Gasteiger partial charge on any atom is 0.275 e. The summed E-state index contributed by atoms with van der Waals surface area (Å²) in [5, 5.41) is 0. The van der Waals surface area contributed by atoms with Crippen LogP contribution in [0.15, 0.2) is 18.3 Å². The molecule has 2 aliphatic heterocycles. The molecule has 0 unspecified atom stereocenters. The van der Waals surface area contributed by atoms with Crippen molar-refractivity contribution in [1.82, 2.24) is 14.8 Å². The summed E-state index contributed by atoms with van der Waals surface area (Å²) in [6.07, 6.45) is 9.45. The maximum atomic E-state index is 13.9. The highest BCUT2D eigenvalue weighted by atomic mass is 19.1. The number of carbonyl (C=O) groups is 2. The highest BCUT2D eigenvalue weighted by Crippen LogP contribution is 2.42. The van der Waals surface area contributed by atoms with Crippen molar-refractivity contribution in [3.05, 3.63) is 29.8 Å². The average molecular weight is 359 g/mol. The summed E-state index contributed by atoms with van der Waals surface area (Å²) in [6.45, 7) is 2.06. The van der Waals surface area contributed by atoms with Crippen LogP contribution in [0.1, 0.15) is 61.9 Å². The zero-order valence-electron chi connectivity index (χ0n) is 15.1. The van der Waals surface area contributed by atoms with Crippen molar-refractivity contribution in [3.8, 4) is 0 Å². The van der Waals surface area contributed by atoms with Gasteiger partial charge in [-0.05, 0) is 49.7 Å². The molecular weight excluding hydrogens is 333 g/mol. The Kier molecular flexibility index (Phi) is 4.67. The third kappa shape index (κ3) is 3.21. The zero-order chi connectivity index (χ0) is 18.1. The first kappa shape index (κ1) is 17.4. The molecule has 3 heterocycles. The minimum Gasteiger partial charge on any atom is -0.339 e. The lowest BCUT2D eigenvalue weighted by atomic mass is 9.72. The molecule has 5 nitrogen and oxygen atoms in total. The standard InChI is InChI=1S/C20H26FN3O2/c21-16-6-3-11-22-18(16)19(26)23-12-9-20(10-13-23)8-7-17(25)24(14-20)15-4-1-2-5-15/h3,6,11,15H,1-2,4-5,7-10,12-14H2. The van der Waals surface area contributed by atoms with Gasteiger partial charge in [0.1, 0.15) is 0 Å². The SMILES string of the molecule is O=C(c1ncccc1F)N1CCC2(CCC(=O)N(C3CCCC3)C2)CC1. The van der Waals surface area contributed by atoms with Gasteiger partial charge < -0.3 is 9.80 Å². The van der Waals surface area contributed by atoms with E-state index in [4.69, 9.17) is 0 Å². The number of piperidine rings is 2. The second-order valence-electron chi connectivity index (χ2n) is 8.09. The van der Waals surface area contributed by atoms with Crippen LogP contribution in [0, 0.1) is 11.2 Å². The van der Waals surface area contributed by atoms with Crippen molar-refractivity contribution >= 4 is 11.8 Å². The van der Waals surface area contributed by atoms with E-state index in [0.717, 1.165) is 38.6 Å². The smallest absolute Gasteiger partial charge is 0.275 e. The number of rotatable bonds is 2. The highest BCUT2D eigenvalue weighted by molar-refractivity contribution is 5.92. The van der Waals surface area contributed by atoms with Gasteiger partial charge in [0.15, 0.2) is 11.5 Å². The van der Waals surface area contributed by atoms with E-state index < -0.39 is 5.82 Å². The van der Waals surface area contributed by atoms with Crippen LogP contribution < -0.4 is 0 Å². The second kappa shape index (κ2) is 6.97. The van der Waals surface area contributed by atoms with Crippen LogP contribution in [-0.4, -0.2) is 52.3 Å². The van der Waals surface area contributed by atoms with E-state index in [2.05, 4.69) is 9.88 Å². The Morgan fingerprint density at radius 1 is 1.19 bits per heavy atom. The number of aromatic nitrogens is 1. The summed E-state index contributed by atoms with van der Waals surface area (Å²) in [5.74, 6) is -0.581. The van der Waals surface area contributed by atoms with Crippen LogP contribution in [-0.2, 0) is 4.79 Å². The van der Waals surface area contributed by atoms with Gasteiger partial charge in [-0.15, -0.1) is 0 Å². The molecule has 0 N–H and O–H groups in total. The first-order valence-electron chi connectivity index (χ1n) is 9.77. The number of hydrogen-bond acceptors (Lipinski definition) is 3. The van der Waals surface area contributed by atoms with Gasteiger partial charge in [-0.25, -0.2) is 9.37 Å². The number of pyridine rings is 1. The van der Waals surface area contributed by atoms with Crippen LogP contribution in [0.3, 0.4) is 0 Å². The fraction of sp³-hybridized carbons (Fsp3) is 0.650. The fourth-order valence-electron chi connectivity index (χ4n) is 4.88. The first-order chi connectivity index (χ1) is 12.6. The molecule has 1 spiro atoms. The molecule has 1 aromatic heterocycles. The quantitative estimate of drug-likeness (QED) is 0.816. The van der Waals surface area contributed by atoms with Crippen molar-refractivity contribution < 1.29 is 14.0 Å². The van der Waals surface area contributed by atoms with Gasteiger partial charge in [0.05, 0.1) is 0 Å². The lowest BCUT2D eigenvalue weighted by Gasteiger charge is -2.49. The van der Waals surface area contributed by atoms with Crippen molar-refractivity contribution in [3.63, 3.8) is 0 Å². The summed E-state index contributed by atoms with van der Waals surface area (Å²) in [7, 11) is 0. The van der Waals surface area contributed by atoms with Gasteiger partial charge in [-0.1, -0.05) is 12.8 Å². The Bertz CT molecular complexity index is 694. The van der Waals surface area contributed by atoms with Crippen molar-refractivity contribution in [1.29, 1.82) is 0 Å². The van der Waals surface area contributed by atoms with E-state index in [1.54, 1.807) is 4.90 Å². The number of halogens is 1. The molecule has 0 atom stereocenters. The molecule has 0 bridgehead atoms. The Morgan fingerprint density at radius 3 is 2.62 bits per heavy atom. The van der Waals surface area contributed by atoms with E-state index >= 15 is 0 Å². The highest BCUT2D eigenvalue weighted by Gasteiger charge is 2.44. The lowest BCUT2D eigenvalue weighted by molar-refractivity contribution is -0.142. The molecular formula is C20H26FN3O2. The monoisotopic (exact) mass is 359 g/mol. The minimum absolute atomic E-state index is 0.0881. The van der Waals surface area contributed by atoms with Crippen molar-refractivity contribution in [2.24, 2.45) is 5.41 Å². The van der Waals surface area contributed by atoms with Crippen LogP contribution in [0.5, 0.6) is 0 Å². The average Bonchev–Trinajstić information content (AvgIpc) is 3.19. The van der Waals surface area contributed by atoms with Crippen molar-refractivity contribution in [2.45, 2.75) is 57.4 Å². The van der Waals surface area contributed by atoms with Gasteiger partial charge in [0.2, 0.25) is 5.91 Å². The molecule has 6 heteroatoms. The number of nitrogens with zero attached hydrogens (tertiary/aromatic N) is 3.